The lowest BCUT2D eigenvalue weighted by atomic mass is 9.84. The van der Waals surface area contributed by atoms with E-state index in [1.54, 1.807) is 6.08 Å². The lowest BCUT2D eigenvalue weighted by Crippen LogP contribution is -2.32. The molecule has 1 N–H and O–H groups in total. The second-order valence-corrected chi connectivity index (χ2v) is 4.11. The van der Waals surface area contributed by atoms with Gasteiger partial charge in [-0.2, -0.15) is 0 Å². The summed E-state index contributed by atoms with van der Waals surface area (Å²) in [5.74, 6) is -2.48. The summed E-state index contributed by atoms with van der Waals surface area (Å²) in [6.07, 6.45) is 6.66. The van der Waals surface area contributed by atoms with Crippen molar-refractivity contribution in [1.29, 1.82) is 0 Å². The van der Waals surface area contributed by atoms with E-state index in [0.29, 0.717) is 6.42 Å². The van der Waals surface area contributed by atoms with Crippen molar-refractivity contribution >= 4 is 11.9 Å². The molecule has 0 aromatic heterocycles. The van der Waals surface area contributed by atoms with Gasteiger partial charge in [-0.1, -0.05) is 12.2 Å². The van der Waals surface area contributed by atoms with E-state index in [9.17, 15) is 9.59 Å². The van der Waals surface area contributed by atoms with Crippen molar-refractivity contribution in [2.45, 2.75) is 31.8 Å². The van der Waals surface area contributed by atoms with Crippen LogP contribution < -0.4 is 0 Å². The van der Waals surface area contributed by atoms with E-state index in [1.165, 1.54) is 0 Å². The van der Waals surface area contributed by atoms with Crippen LogP contribution in [0.25, 0.3) is 0 Å². The zero-order valence-electron chi connectivity index (χ0n) is 8.39. The Bertz CT molecular complexity index is 304. The van der Waals surface area contributed by atoms with Gasteiger partial charge in [0.2, 0.25) is 0 Å². The summed E-state index contributed by atoms with van der Waals surface area (Å²) in [7, 11) is 0. The number of ether oxygens (including phenoxy) is 1. The molecule has 4 nitrogen and oxygen atoms in total. The van der Waals surface area contributed by atoms with Gasteiger partial charge in [-0.15, -0.1) is 0 Å². The van der Waals surface area contributed by atoms with Crippen molar-refractivity contribution < 1.29 is 19.4 Å². The predicted octanol–water partition coefficient (Wildman–Crippen LogP) is 1.36. The third-order valence-electron chi connectivity index (χ3n) is 2.82. The highest BCUT2D eigenvalue weighted by molar-refractivity contribution is 5.83. The first-order chi connectivity index (χ1) is 7.18. The van der Waals surface area contributed by atoms with Gasteiger partial charge < -0.3 is 9.84 Å². The Balaban J connectivity index is 2.01. The molecule has 82 valence electrons. The first kappa shape index (κ1) is 10.2. The number of hydrogen-bond donors (Lipinski definition) is 1. The van der Waals surface area contributed by atoms with Gasteiger partial charge in [-0.25, -0.2) is 0 Å². The SMILES string of the molecule is O=C(O)C1C=CCCC1C(=O)OC1CC1. The van der Waals surface area contributed by atoms with E-state index in [0.717, 1.165) is 19.3 Å². The highest BCUT2D eigenvalue weighted by atomic mass is 16.5. The summed E-state index contributed by atoms with van der Waals surface area (Å²) in [5, 5.41) is 8.95. The van der Waals surface area contributed by atoms with Gasteiger partial charge in [0.15, 0.2) is 0 Å². The highest BCUT2D eigenvalue weighted by Gasteiger charge is 2.37. The van der Waals surface area contributed by atoms with Gasteiger partial charge in [0.1, 0.15) is 6.10 Å². The first-order valence-electron chi connectivity index (χ1n) is 5.28. The summed E-state index contributed by atoms with van der Waals surface area (Å²) in [6, 6.07) is 0. The van der Waals surface area contributed by atoms with Crippen molar-refractivity contribution in [2.75, 3.05) is 0 Å². The van der Waals surface area contributed by atoms with Crippen LogP contribution in [0.3, 0.4) is 0 Å². The van der Waals surface area contributed by atoms with Crippen LogP contribution in [-0.2, 0) is 14.3 Å². The lowest BCUT2D eigenvalue weighted by Gasteiger charge is -2.22. The lowest BCUT2D eigenvalue weighted by molar-refractivity contribution is -0.157. The molecule has 4 heteroatoms. The van der Waals surface area contributed by atoms with Crippen LogP contribution in [0, 0.1) is 11.8 Å². The molecule has 15 heavy (non-hydrogen) atoms. The van der Waals surface area contributed by atoms with Crippen LogP contribution in [-0.4, -0.2) is 23.1 Å². The van der Waals surface area contributed by atoms with Crippen molar-refractivity contribution in [3.8, 4) is 0 Å². The Kier molecular flexibility index (Phi) is 2.75. The van der Waals surface area contributed by atoms with Crippen LogP contribution in [0.1, 0.15) is 25.7 Å². The fourth-order valence-corrected chi connectivity index (χ4v) is 1.79. The van der Waals surface area contributed by atoms with Crippen molar-refractivity contribution in [1.82, 2.24) is 0 Å². The Labute approximate surface area is 87.9 Å². The average molecular weight is 210 g/mol. The van der Waals surface area contributed by atoms with Crippen LogP contribution in [0.4, 0.5) is 0 Å². The molecule has 1 fully saturated rings. The molecular formula is C11H14O4. The van der Waals surface area contributed by atoms with E-state index in [2.05, 4.69) is 0 Å². The Morgan fingerprint density at radius 2 is 2.00 bits per heavy atom. The monoisotopic (exact) mass is 210 g/mol. The fraction of sp³-hybridized carbons (Fsp3) is 0.636. The van der Waals surface area contributed by atoms with Gasteiger partial charge in [0.25, 0.3) is 0 Å². The van der Waals surface area contributed by atoms with Crippen molar-refractivity contribution in [2.24, 2.45) is 11.8 Å². The molecule has 0 saturated heterocycles. The zero-order valence-corrected chi connectivity index (χ0v) is 8.39. The Hall–Kier alpha value is -1.32. The first-order valence-corrected chi connectivity index (χ1v) is 5.28. The van der Waals surface area contributed by atoms with Crippen LogP contribution >= 0.6 is 0 Å². The van der Waals surface area contributed by atoms with Crippen LogP contribution in [0.5, 0.6) is 0 Å². The van der Waals surface area contributed by atoms with Gasteiger partial charge >= 0.3 is 11.9 Å². The molecule has 0 radical (unpaired) electrons. The Morgan fingerprint density at radius 1 is 1.27 bits per heavy atom. The number of carbonyl (C=O) groups is 2. The second-order valence-electron chi connectivity index (χ2n) is 4.11. The largest absolute Gasteiger partial charge is 0.481 e. The molecule has 2 aliphatic carbocycles. The third kappa shape index (κ3) is 2.37. The smallest absolute Gasteiger partial charge is 0.311 e. The molecular weight excluding hydrogens is 196 g/mol. The molecule has 0 spiro atoms. The fourth-order valence-electron chi connectivity index (χ4n) is 1.79. The second kappa shape index (κ2) is 4.04. The van der Waals surface area contributed by atoms with Gasteiger partial charge in [-0.3, -0.25) is 9.59 Å². The summed E-state index contributed by atoms with van der Waals surface area (Å²) in [5.41, 5.74) is 0. The third-order valence-corrected chi connectivity index (χ3v) is 2.82. The summed E-state index contributed by atoms with van der Waals surface area (Å²) in [6.45, 7) is 0. The maximum absolute atomic E-state index is 11.6. The summed E-state index contributed by atoms with van der Waals surface area (Å²) < 4.78 is 5.15. The Morgan fingerprint density at radius 3 is 2.60 bits per heavy atom. The minimum absolute atomic E-state index is 0.0536. The normalized spacial score (nSPS) is 29.9. The number of carboxylic acid groups (broad SMARTS) is 1. The van der Waals surface area contributed by atoms with Crippen LogP contribution in [0.2, 0.25) is 0 Å². The molecule has 0 aliphatic heterocycles. The number of carbonyl (C=O) groups excluding carboxylic acids is 1. The number of esters is 1. The number of allylic oxidation sites excluding steroid dienone is 1. The molecule has 2 aliphatic rings. The highest BCUT2D eigenvalue weighted by Crippen LogP contribution is 2.30. The number of aliphatic carboxylic acids is 1. The van der Waals surface area contributed by atoms with Gasteiger partial charge in [-0.05, 0) is 25.7 Å². The predicted molar refractivity (Wildman–Crippen MR) is 52.1 cm³/mol. The summed E-state index contributed by atoms with van der Waals surface area (Å²) in [4.78, 5) is 22.6. The number of rotatable bonds is 3. The molecule has 0 aromatic carbocycles. The maximum Gasteiger partial charge on any atom is 0.311 e. The van der Waals surface area contributed by atoms with E-state index in [4.69, 9.17) is 9.84 Å². The number of carboxylic acids is 1. The van der Waals surface area contributed by atoms with Gasteiger partial charge in [0, 0.05) is 0 Å². The topological polar surface area (TPSA) is 63.6 Å². The van der Waals surface area contributed by atoms with E-state index >= 15 is 0 Å². The standard InChI is InChI=1S/C11H14O4/c12-10(13)8-3-1-2-4-9(8)11(14)15-7-5-6-7/h1,3,7-9H,2,4-6H2,(H,12,13). The molecule has 0 aromatic rings. The molecule has 0 amide bonds. The molecule has 2 atom stereocenters. The molecule has 0 heterocycles. The van der Waals surface area contributed by atoms with Crippen LogP contribution in [0.15, 0.2) is 12.2 Å². The minimum atomic E-state index is -0.941. The maximum atomic E-state index is 11.6. The minimum Gasteiger partial charge on any atom is -0.481 e. The average Bonchev–Trinajstić information content (AvgIpc) is 3.01. The molecule has 2 rings (SSSR count). The van der Waals surface area contributed by atoms with Crippen molar-refractivity contribution in [3.63, 3.8) is 0 Å². The summed E-state index contributed by atoms with van der Waals surface area (Å²) >= 11 is 0. The van der Waals surface area contributed by atoms with E-state index in [-0.39, 0.29) is 12.1 Å². The van der Waals surface area contributed by atoms with E-state index < -0.39 is 17.8 Å². The number of hydrogen-bond acceptors (Lipinski definition) is 3. The van der Waals surface area contributed by atoms with Crippen molar-refractivity contribution in [3.05, 3.63) is 12.2 Å². The molecule has 0 bridgehead atoms. The molecule has 1 saturated carbocycles. The quantitative estimate of drug-likeness (QED) is 0.564. The van der Waals surface area contributed by atoms with Gasteiger partial charge in [0.05, 0.1) is 11.8 Å². The van der Waals surface area contributed by atoms with E-state index in [1.807, 2.05) is 6.08 Å². The zero-order chi connectivity index (χ0) is 10.8. The molecule has 2 unspecified atom stereocenters.